The molecule has 24 heavy (non-hydrogen) atoms. The molecule has 0 saturated heterocycles. The molecule has 0 spiro atoms. The van der Waals surface area contributed by atoms with Gasteiger partial charge >= 0.3 is 0 Å². The Morgan fingerprint density at radius 3 is 2.46 bits per heavy atom. The van der Waals surface area contributed by atoms with Crippen LogP contribution in [0.4, 0.5) is 4.39 Å². The molecule has 0 saturated carbocycles. The number of benzene rings is 2. The second-order valence-corrected chi connectivity index (χ2v) is 5.50. The van der Waals surface area contributed by atoms with Crippen LogP contribution in [0.25, 0.3) is 6.08 Å². The van der Waals surface area contributed by atoms with E-state index in [9.17, 15) is 14.0 Å². The van der Waals surface area contributed by atoms with Crippen molar-refractivity contribution >= 4 is 17.9 Å². The third-order valence-electron chi connectivity index (χ3n) is 3.35. The lowest BCUT2D eigenvalue weighted by Crippen LogP contribution is -2.22. The number of carbonyl (C=O) groups is 2. The smallest absolute Gasteiger partial charge is 0.253 e. The molecule has 0 aliphatic carbocycles. The predicted molar refractivity (Wildman–Crippen MR) is 91.7 cm³/mol. The first-order chi connectivity index (χ1) is 11.5. The lowest BCUT2D eigenvalue weighted by molar-refractivity contribution is -0.116. The van der Waals surface area contributed by atoms with Crippen molar-refractivity contribution in [2.24, 2.45) is 0 Å². The monoisotopic (exact) mass is 326 g/mol. The van der Waals surface area contributed by atoms with E-state index in [1.54, 1.807) is 56.6 Å². The van der Waals surface area contributed by atoms with Gasteiger partial charge in [-0.05, 0) is 41.5 Å². The van der Waals surface area contributed by atoms with Crippen molar-refractivity contribution in [2.45, 2.75) is 6.54 Å². The van der Waals surface area contributed by atoms with Crippen LogP contribution in [0.2, 0.25) is 0 Å². The summed E-state index contributed by atoms with van der Waals surface area (Å²) in [5.41, 5.74) is 2.11. The maximum Gasteiger partial charge on any atom is 0.253 e. The topological polar surface area (TPSA) is 49.4 Å². The number of nitrogens with zero attached hydrogens (tertiary/aromatic N) is 1. The number of nitrogens with one attached hydrogen (secondary N) is 1. The lowest BCUT2D eigenvalue weighted by atomic mass is 10.1. The van der Waals surface area contributed by atoms with Gasteiger partial charge in [0.2, 0.25) is 5.91 Å². The van der Waals surface area contributed by atoms with E-state index in [2.05, 4.69) is 5.32 Å². The van der Waals surface area contributed by atoms with E-state index in [4.69, 9.17) is 0 Å². The van der Waals surface area contributed by atoms with Gasteiger partial charge in [0.05, 0.1) is 0 Å². The highest BCUT2D eigenvalue weighted by Crippen LogP contribution is 2.07. The number of hydrogen-bond acceptors (Lipinski definition) is 2. The van der Waals surface area contributed by atoms with Crippen LogP contribution in [0, 0.1) is 5.82 Å². The number of carbonyl (C=O) groups excluding carboxylic acids is 2. The molecule has 0 radical (unpaired) electrons. The molecule has 2 aromatic rings. The zero-order valence-electron chi connectivity index (χ0n) is 13.6. The van der Waals surface area contributed by atoms with Gasteiger partial charge in [-0.3, -0.25) is 9.59 Å². The highest BCUT2D eigenvalue weighted by molar-refractivity contribution is 5.94. The Morgan fingerprint density at radius 1 is 1.12 bits per heavy atom. The first-order valence-electron chi connectivity index (χ1n) is 7.48. The average Bonchev–Trinajstić information content (AvgIpc) is 2.58. The molecule has 0 aromatic heterocycles. The second kappa shape index (κ2) is 8.06. The molecule has 0 bridgehead atoms. The second-order valence-electron chi connectivity index (χ2n) is 5.50. The summed E-state index contributed by atoms with van der Waals surface area (Å²) in [5, 5.41) is 2.74. The third-order valence-corrected chi connectivity index (χ3v) is 3.35. The lowest BCUT2D eigenvalue weighted by Gasteiger charge is -2.10. The van der Waals surface area contributed by atoms with Gasteiger partial charge in [-0.2, -0.15) is 0 Å². The molecule has 0 unspecified atom stereocenters. The molecule has 1 N–H and O–H groups in total. The molecule has 2 rings (SSSR count). The van der Waals surface area contributed by atoms with Gasteiger partial charge in [-0.1, -0.05) is 24.3 Å². The number of halogens is 1. The molecule has 0 atom stereocenters. The SMILES string of the molecule is CN(C)C(=O)c1ccc(CNC(=O)/C=C/c2cccc(F)c2)cc1. The Balaban J connectivity index is 1.88. The van der Waals surface area contributed by atoms with Gasteiger partial charge in [-0.25, -0.2) is 4.39 Å². The summed E-state index contributed by atoms with van der Waals surface area (Å²) in [7, 11) is 3.39. The molecule has 0 aliphatic heterocycles. The van der Waals surface area contributed by atoms with Crippen LogP contribution in [-0.4, -0.2) is 30.8 Å². The average molecular weight is 326 g/mol. The Morgan fingerprint density at radius 2 is 1.83 bits per heavy atom. The van der Waals surface area contributed by atoms with Crippen LogP contribution in [0.15, 0.2) is 54.6 Å². The molecule has 2 amide bonds. The van der Waals surface area contributed by atoms with E-state index < -0.39 is 0 Å². The van der Waals surface area contributed by atoms with E-state index >= 15 is 0 Å². The molecule has 5 heteroatoms. The van der Waals surface area contributed by atoms with Gasteiger partial charge < -0.3 is 10.2 Å². The minimum atomic E-state index is -0.343. The minimum Gasteiger partial charge on any atom is -0.348 e. The van der Waals surface area contributed by atoms with Gasteiger partial charge in [0.15, 0.2) is 0 Å². The third kappa shape index (κ3) is 5.05. The Hall–Kier alpha value is -2.95. The normalized spacial score (nSPS) is 10.6. The van der Waals surface area contributed by atoms with Crippen molar-refractivity contribution in [1.29, 1.82) is 0 Å². The highest BCUT2D eigenvalue weighted by Gasteiger charge is 2.07. The maximum atomic E-state index is 13.0. The Labute approximate surface area is 140 Å². The Kier molecular flexibility index (Phi) is 5.84. The molecular weight excluding hydrogens is 307 g/mol. The van der Waals surface area contributed by atoms with Crippen LogP contribution in [-0.2, 0) is 11.3 Å². The van der Waals surface area contributed by atoms with Crippen molar-refractivity contribution in [3.8, 4) is 0 Å². The van der Waals surface area contributed by atoms with Crippen molar-refractivity contribution in [3.63, 3.8) is 0 Å². The van der Waals surface area contributed by atoms with E-state index in [0.29, 0.717) is 17.7 Å². The van der Waals surface area contributed by atoms with E-state index in [0.717, 1.165) is 5.56 Å². The van der Waals surface area contributed by atoms with Gasteiger partial charge in [0.25, 0.3) is 5.91 Å². The fraction of sp³-hybridized carbons (Fsp3) is 0.158. The fourth-order valence-corrected chi connectivity index (χ4v) is 2.05. The molecule has 0 heterocycles. The zero-order chi connectivity index (χ0) is 17.5. The van der Waals surface area contributed by atoms with Crippen LogP contribution in [0.5, 0.6) is 0 Å². The Bertz CT molecular complexity index is 752. The summed E-state index contributed by atoms with van der Waals surface area (Å²) in [6.45, 7) is 0.350. The van der Waals surface area contributed by atoms with Crippen LogP contribution in [0.3, 0.4) is 0 Å². The first-order valence-corrected chi connectivity index (χ1v) is 7.48. The number of hydrogen-bond donors (Lipinski definition) is 1. The predicted octanol–water partition coefficient (Wildman–Crippen LogP) is 2.86. The standard InChI is InChI=1S/C19H19FN2O2/c1-22(2)19(24)16-9-6-15(7-10-16)13-21-18(23)11-8-14-4-3-5-17(20)12-14/h3-12H,13H2,1-2H3,(H,21,23)/b11-8+. The van der Waals surface area contributed by atoms with E-state index in [-0.39, 0.29) is 17.6 Å². The highest BCUT2D eigenvalue weighted by atomic mass is 19.1. The minimum absolute atomic E-state index is 0.0661. The summed E-state index contributed by atoms with van der Waals surface area (Å²) in [6.07, 6.45) is 2.91. The maximum absolute atomic E-state index is 13.0. The molecule has 0 aliphatic rings. The summed E-state index contributed by atoms with van der Waals surface area (Å²) < 4.78 is 13.0. The molecular formula is C19H19FN2O2. The van der Waals surface area contributed by atoms with Gasteiger partial charge in [0.1, 0.15) is 5.82 Å². The summed E-state index contributed by atoms with van der Waals surface area (Å²) >= 11 is 0. The van der Waals surface area contributed by atoms with E-state index in [1.165, 1.54) is 23.1 Å². The van der Waals surface area contributed by atoms with Gasteiger partial charge in [0, 0.05) is 32.3 Å². The number of amides is 2. The van der Waals surface area contributed by atoms with Crippen LogP contribution in [0.1, 0.15) is 21.5 Å². The molecule has 124 valence electrons. The van der Waals surface area contributed by atoms with Crippen molar-refractivity contribution in [3.05, 3.63) is 77.1 Å². The molecule has 4 nitrogen and oxygen atoms in total. The van der Waals surface area contributed by atoms with Crippen molar-refractivity contribution < 1.29 is 14.0 Å². The first kappa shape index (κ1) is 17.4. The van der Waals surface area contributed by atoms with Crippen molar-refractivity contribution in [2.75, 3.05) is 14.1 Å². The van der Waals surface area contributed by atoms with Crippen LogP contribution >= 0.6 is 0 Å². The van der Waals surface area contributed by atoms with E-state index in [1.807, 2.05) is 0 Å². The van der Waals surface area contributed by atoms with Gasteiger partial charge in [-0.15, -0.1) is 0 Å². The van der Waals surface area contributed by atoms with Crippen LogP contribution < -0.4 is 5.32 Å². The largest absolute Gasteiger partial charge is 0.348 e. The quantitative estimate of drug-likeness (QED) is 0.859. The zero-order valence-corrected chi connectivity index (χ0v) is 13.6. The van der Waals surface area contributed by atoms with Crippen molar-refractivity contribution in [1.82, 2.24) is 10.2 Å². The number of rotatable bonds is 5. The summed E-state index contributed by atoms with van der Waals surface area (Å²) in [5.74, 6) is -0.679. The molecule has 2 aromatic carbocycles. The summed E-state index contributed by atoms with van der Waals surface area (Å²) in [6, 6.07) is 13.1. The fourth-order valence-electron chi connectivity index (χ4n) is 2.05. The summed E-state index contributed by atoms with van der Waals surface area (Å²) in [4.78, 5) is 25.1. The molecule has 0 fully saturated rings.